The molecule has 1 N–H and O–H groups in total. The smallest absolute Gasteiger partial charge is 0.0796 e. The molecule has 3 fully saturated rings. The van der Waals surface area contributed by atoms with E-state index in [1.807, 2.05) is 0 Å². The average Bonchev–Trinajstić information content (AvgIpc) is 2.50. The Labute approximate surface area is 142 Å². The number of hydrogen-bond acceptors (Lipinski definition) is 2. The van der Waals surface area contributed by atoms with Gasteiger partial charge in [0.15, 0.2) is 0 Å². The molecule has 5 atom stereocenters. The van der Waals surface area contributed by atoms with Crippen LogP contribution < -0.4 is 10.5 Å². The van der Waals surface area contributed by atoms with Crippen LogP contribution in [0, 0.1) is 23.7 Å². The number of nitrogens with one attached hydrogen (secondary N) is 1. The minimum absolute atomic E-state index is 0.749. The van der Waals surface area contributed by atoms with Gasteiger partial charge in [-0.1, -0.05) is 32.1 Å². The normalized spacial score (nSPS) is 36.2. The fourth-order valence-electron chi connectivity index (χ4n) is 5.56. The second kappa shape index (κ2) is 6.00. The first-order valence-electron chi connectivity index (χ1n) is 9.68. The molecule has 3 saturated carbocycles. The van der Waals surface area contributed by atoms with Crippen molar-refractivity contribution in [1.82, 2.24) is 10.3 Å². The molecule has 2 nitrogen and oxygen atoms in total. The highest BCUT2D eigenvalue weighted by atomic mass is 28.3. The molecule has 3 aliphatic rings. The molecule has 0 aliphatic heterocycles. The van der Waals surface area contributed by atoms with Crippen LogP contribution in [0.1, 0.15) is 44.2 Å². The first-order chi connectivity index (χ1) is 11.0. The van der Waals surface area contributed by atoms with Gasteiger partial charge in [0.25, 0.3) is 0 Å². The van der Waals surface area contributed by atoms with Crippen LogP contribution >= 0.6 is 0 Å². The lowest BCUT2D eigenvalue weighted by Crippen LogP contribution is -2.50. The van der Waals surface area contributed by atoms with E-state index in [-0.39, 0.29) is 0 Å². The summed E-state index contributed by atoms with van der Waals surface area (Å²) in [6, 6.07) is 5.32. The predicted octanol–water partition coefficient (Wildman–Crippen LogP) is 3.93. The molecule has 1 aromatic rings. The Hall–Kier alpha value is -0.673. The number of rotatable bonds is 4. The van der Waals surface area contributed by atoms with Crippen molar-refractivity contribution in [2.75, 3.05) is 0 Å². The standard InChI is InChI=1S/C20H32N2Si/c1-23(2,3)18-6-5-17(21-13-18)12-22-20-11-15-8-14-4-7-19(20)16(9-14)10-15/h5-6,13-16,19-20,22H,4,7-12H2,1-3H3. The van der Waals surface area contributed by atoms with Crippen molar-refractivity contribution >= 4 is 13.3 Å². The van der Waals surface area contributed by atoms with Crippen LogP contribution in [0.5, 0.6) is 0 Å². The molecule has 5 unspecified atom stereocenters. The van der Waals surface area contributed by atoms with Gasteiger partial charge in [-0.05, 0) is 67.0 Å². The first-order valence-corrected chi connectivity index (χ1v) is 13.2. The minimum Gasteiger partial charge on any atom is -0.308 e. The number of pyridine rings is 1. The van der Waals surface area contributed by atoms with Gasteiger partial charge in [-0.25, -0.2) is 0 Å². The number of aromatic nitrogens is 1. The summed E-state index contributed by atoms with van der Waals surface area (Å²) in [6.07, 6.45) is 11.1. The molecule has 0 radical (unpaired) electrons. The van der Waals surface area contributed by atoms with E-state index >= 15 is 0 Å². The number of nitrogens with zero attached hydrogens (tertiary/aromatic N) is 1. The van der Waals surface area contributed by atoms with Crippen LogP contribution in [0.25, 0.3) is 0 Å². The summed E-state index contributed by atoms with van der Waals surface area (Å²) < 4.78 is 0. The SMILES string of the molecule is C[Si](C)(C)c1ccc(CNC2CC3CC4CCC2C(C4)C3)nc1. The van der Waals surface area contributed by atoms with Crippen LogP contribution in [0.15, 0.2) is 18.3 Å². The van der Waals surface area contributed by atoms with E-state index in [0.717, 1.165) is 36.3 Å². The Morgan fingerprint density at radius 3 is 2.61 bits per heavy atom. The second-order valence-electron chi connectivity index (χ2n) is 9.45. The van der Waals surface area contributed by atoms with Gasteiger partial charge >= 0.3 is 0 Å². The highest BCUT2D eigenvalue weighted by Crippen LogP contribution is 2.52. The monoisotopic (exact) mass is 328 g/mol. The summed E-state index contributed by atoms with van der Waals surface area (Å²) in [6.45, 7) is 8.12. The van der Waals surface area contributed by atoms with Crippen molar-refractivity contribution < 1.29 is 0 Å². The Kier molecular flexibility index (Phi) is 4.13. The lowest BCUT2D eigenvalue weighted by molar-refractivity contribution is 0.00597. The summed E-state index contributed by atoms with van der Waals surface area (Å²) >= 11 is 0. The van der Waals surface area contributed by atoms with Crippen molar-refractivity contribution in [3.8, 4) is 0 Å². The van der Waals surface area contributed by atoms with E-state index < -0.39 is 8.07 Å². The Balaban J connectivity index is 1.39. The van der Waals surface area contributed by atoms with E-state index in [2.05, 4.69) is 43.3 Å². The molecule has 0 spiro atoms. The maximum absolute atomic E-state index is 4.73. The molecule has 3 heteroatoms. The Bertz CT molecular complexity index is 542. The van der Waals surface area contributed by atoms with E-state index in [0.29, 0.717) is 0 Å². The van der Waals surface area contributed by atoms with Gasteiger partial charge < -0.3 is 5.32 Å². The molecule has 3 bridgehead atoms. The molecular formula is C20H32N2Si. The zero-order valence-electron chi connectivity index (χ0n) is 15.0. The van der Waals surface area contributed by atoms with Crippen LogP contribution in [0.4, 0.5) is 0 Å². The third-order valence-electron chi connectivity index (χ3n) is 6.79. The molecule has 0 aromatic carbocycles. The third-order valence-corrected chi connectivity index (χ3v) is 8.82. The van der Waals surface area contributed by atoms with Crippen molar-refractivity contribution in [3.05, 3.63) is 24.0 Å². The minimum atomic E-state index is -1.22. The quantitative estimate of drug-likeness (QED) is 0.847. The summed E-state index contributed by atoms with van der Waals surface area (Å²) in [5.74, 6) is 4.06. The predicted molar refractivity (Wildman–Crippen MR) is 99.5 cm³/mol. The molecule has 126 valence electrons. The summed E-state index contributed by atoms with van der Waals surface area (Å²) in [4.78, 5) is 4.73. The van der Waals surface area contributed by atoms with E-state index in [9.17, 15) is 0 Å². The van der Waals surface area contributed by atoms with Crippen molar-refractivity contribution in [3.63, 3.8) is 0 Å². The fraction of sp³-hybridized carbons (Fsp3) is 0.750. The number of fused-ring (bicyclic) bond motifs is 2. The molecule has 3 aliphatic carbocycles. The summed E-state index contributed by atoms with van der Waals surface area (Å²) in [7, 11) is -1.22. The van der Waals surface area contributed by atoms with E-state index in [4.69, 9.17) is 4.98 Å². The van der Waals surface area contributed by atoms with Crippen molar-refractivity contribution in [2.45, 2.75) is 70.8 Å². The van der Waals surface area contributed by atoms with Crippen LogP contribution in [-0.4, -0.2) is 19.1 Å². The highest BCUT2D eigenvalue weighted by Gasteiger charge is 2.45. The van der Waals surface area contributed by atoms with Gasteiger partial charge in [-0.3, -0.25) is 4.98 Å². The maximum Gasteiger partial charge on any atom is 0.0796 e. The van der Waals surface area contributed by atoms with Gasteiger partial charge in [-0.2, -0.15) is 0 Å². The maximum atomic E-state index is 4.73. The van der Waals surface area contributed by atoms with Crippen molar-refractivity contribution in [1.29, 1.82) is 0 Å². The third kappa shape index (κ3) is 3.27. The second-order valence-corrected chi connectivity index (χ2v) is 14.5. The molecule has 1 heterocycles. The van der Waals surface area contributed by atoms with Crippen LogP contribution in [0.2, 0.25) is 19.6 Å². The molecule has 23 heavy (non-hydrogen) atoms. The fourth-order valence-corrected chi connectivity index (χ4v) is 6.60. The molecule has 0 saturated heterocycles. The topological polar surface area (TPSA) is 24.9 Å². The van der Waals surface area contributed by atoms with Gasteiger partial charge in [0.2, 0.25) is 0 Å². The lowest BCUT2D eigenvalue weighted by atomic mass is 9.56. The van der Waals surface area contributed by atoms with Gasteiger partial charge in [0, 0.05) is 18.8 Å². The van der Waals surface area contributed by atoms with Gasteiger partial charge in [0.05, 0.1) is 13.8 Å². The number of hydrogen-bond donors (Lipinski definition) is 1. The first kappa shape index (κ1) is 15.8. The van der Waals surface area contributed by atoms with E-state index in [1.165, 1.54) is 49.4 Å². The summed E-state index contributed by atoms with van der Waals surface area (Å²) in [5, 5.41) is 5.36. The Morgan fingerprint density at radius 1 is 1.04 bits per heavy atom. The highest BCUT2D eigenvalue weighted by molar-refractivity contribution is 6.88. The summed E-state index contributed by atoms with van der Waals surface area (Å²) in [5.41, 5.74) is 1.22. The largest absolute Gasteiger partial charge is 0.308 e. The van der Waals surface area contributed by atoms with Crippen LogP contribution in [-0.2, 0) is 6.54 Å². The molecular weight excluding hydrogens is 296 g/mol. The van der Waals surface area contributed by atoms with Crippen molar-refractivity contribution in [2.24, 2.45) is 23.7 Å². The zero-order valence-corrected chi connectivity index (χ0v) is 16.0. The molecule has 0 amide bonds. The van der Waals surface area contributed by atoms with Gasteiger partial charge in [-0.15, -0.1) is 0 Å². The zero-order chi connectivity index (χ0) is 16.0. The van der Waals surface area contributed by atoms with Gasteiger partial charge in [0.1, 0.15) is 0 Å². The molecule has 1 aromatic heterocycles. The average molecular weight is 329 g/mol. The Morgan fingerprint density at radius 2 is 1.87 bits per heavy atom. The van der Waals surface area contributed by atoms with Crippen LogP contribution in [0.3, 0.4) is 0 Å². The molecule has 4 rings (SSSR count). The van der Waals surface area contributed by atoms with E-state index in [1.54, 1.807) is 0 Å². The lowest BCUT2D eigenvalue weighted by Gasteiger charge is -2.52.